The molecule has 0 heterocycles. The second kappa shape index (κ2) is 7.07. The van der Waals surface area contributed by atoms with Crippen LogP contribution in [-0.4, -0.2) is 12.6 Å². The van der Waals surface area contributed by atoms with Crippen LogP contribution in [0.25, 0.3) is 22.3 Å². The van der Waals surface area contributed by atoms with E-state index in [0.717, 1.165) is 34.8 Å². The summed E-state index contributed by atoms with van der Waals surface area (Å²) in [4.78, 5) is 23.1. The fraction of sp³-hybridized carbons (Fsp3) is 0. The van der Waals surface area contributed by atoms with E-state index in [4.69, 9.17) is 0 Å². The van der Waals surface area contributed by atoms with E-state index in [2.05, 4.69) is 25.3 Å². The fourth-order valence-corrected chi connectivity index (χ4v) is 3.03. The Labute approximate surface area is 151 Å². The van der Waals surface area contributed by atoms with E-state index in [1.165, 1.54) is 0 Å². The van der Waals surface area contributed by atoms with Crippen LogP contribution >= 0.6 is 25.3 Å². The van der Waals surface area contributed by atoms with Gasteiger partial charge in [-0.2, -0.15) is 0 Å². The maximum Gasteiger partial charge on any atom is 0.151 e. The lowest BCUT2D eigenvalue weighted by Crippen LogP contribution is -1.86. The molecule has 0 saturated heterocycles. The first-order chi connectivity index (χ1) is 11.6. The van der Waals surface area contributed by atoms with Crippen molar-refractivity contribution in [2.45, 2.75) is 9.79 Å². The van der Waals surface area contributed by atoms with Crippen molar-refractivity contribution in [1.82, 2.24) is 0 Å². The largest absolute Gasteiger partial charge is 0.298 e. The van der Waals surface area contributed by atoms with E-state index in [-0.39, 0.29) is 0 Å². The minimum absolute atomic E-state index is 0.579. The van der Waals surface area contributed by atoms with Gasteiger partial charge in [0, 0.05) is 20.9 Å². The quantitative estimate of drug-likeness (QED) is 0.499. The van der Waals surface area contributed by atoms with Crippen molar-refractivity contribution in [3.8, 4) is 22.3 Å². The standard InChI is InChI=1S/C20H14O2S2/c21-11-17-7-5-15(9-19(17)23)13-1-2-14(4-3-13)16-6-8-18(12-22)20(24)10-16/h1-12,23-24H. The Balaban J connectivity index is 1.93. The molecule has 0 bridgehead atoms. The molecule has 0 aliphatic rings. The molecule has 0 aromatic heterocycles. The van der Waals surface area contributed by atoms with Crippen molar-refractivity contribution in [2.24, 2.45) is 0 Å². The zero-order valence-corrected chi connectivity index (χ0v) is 14.4. The predicted octanol–water partition coefficient (Wildman–Crippen LogP) is 5.22. The summed E-state index contributed by atoms with van der Waals surface area (Å²) in [6.45, 7) is 0. The summed E-state index contributed by atoms with van der Waals surface area (Å²) >= 11 is 8.67. The Kier molecular flexibility index (Phi) is 4.88. The zero-order chi connectivity index (χ0) is 17.1. The summed E-state index contributed by atoms with van der Waals surface area (Å²) in [6.07, 6.45) is 1.60. The van der Waals surface area contributed by atoms with Crippen LogP contribution in [0.3, 0.4) is 0 Å². The average molecular weight is 350 g/mol. The van der Waals surface area contributed by atoms with Crippen molar-refractivity contribution in [3.63, 3.8) is 0 Å². The summed E-state index contributed by atoms with van der Waals surface area (Å²) in [5.74, 6) is 0. The van der Waals surface area contributed by atoms with Crippen LogP contribution in [0.5, 0.6) is 0 Å². The van der Waals surface area contributed by atoms with E-state index >= 15 is 0 Å². The Bertz CT molecular complexity index is 839. The summed E-state index contributed by atoms with van der Waals surface area (Å²) in [5, 5.41) is 0. The molecule has 3 rings (SSSR count). The third-order valence-electron chi connectivity index (χ3n) is 3.87. The van der Waals surface area contributed by atoms with Crippen LogP contribution in [0.2, 0.25) is 0 Å². The van der Waals surface area contributed by atoms with Gasteiger partial charge >= 0.3 is 0 Å². The van der Waals surface area contributed by atoms with Crippen LogP contribution in [0.4, 0.5) is 0 Å². The van der Waals surface area contributed by atoms with E-state index in [9.17, 15) is 9.59 Å². The molecule has 0 aliphatic carbocycles. The van der Waals surface area contributed by atoms with Crippen LogP contribution in [0.15, 0.2) is 70.5 Å². The molecule has 3 aromatic carbocycles. The Morgan fingerprint density at radius 2 is 0.875 bits per heavy atom. The molecule has 0 unspecified atom stereocenters. The summed E-state index contributed by atoms with van der Waals surface area (Å²) in [7, 11) is 0. The van der Waals surface area contributed by atoms with Gasteiger partial charge in [-0.1, -0.05) is 36.4 Å². The highest BCUT2D eigenvalue weighted by Gasteiger charge is 2.05. The molecule has 0 N–H and O–H groups in total. The normalized spacial score (nSPS) is 10.4. The van der Waals surface area contributed by atoms with E-state index in [0.29, 0.717) is 20.9 Å². The second-order valence-corrected chi connectivity index (χ2v) is 6.32. The Morgan fingerprint density at radius 1 is 0.542 bits per heavy atom. The van der Waals surface area contributed by atoms with Crippen molar-refractivity contribution in [3.05, 3.63) is 71.8 Å². The SMILES string of the molecule is O=Cc1ccc(-c2ccc(-c3ccc(C=O)c(S)c3)cc2)cc1S. The maximum absolute atomic E-state index is 10.9. The fourth-order valence-electron chi connectivity index (χ4n) is 2.50. The average Bonchev–Trinajstić information content (AvgIpc) is 2.61. The molecule has 0 saturated carbocycles. The number of hydrogen-bond donors (Lipinski definition) is 2. The van der Waals surface area contributed by atoms with Gasteiger partial charge in [-0.3, -0.25) is 9.59 Å². The van der Waals surface area contributed by atoms with Crippen LogP contribution in [0.1, 0.15) is 20.7 Å². The summed E-state index contributed by atoms with van der Waals surface area (Å²) in [6, 6.07) is 19.2. The number of benzene rings is 3. The molecule has 118 valence electrons. The number of rotatable bonds is 4. The van der Waals surface area contributed by atoms with Crippen LogP contribution in [-0.2, 0) is 0 Å². The summed E-state index contributed by atoms with van der Waals surface area (Å²) < 4.78 is 0. The van der Waals surface area contributed by atoms with Gasteiger partial charge in [0.05, 0.1) is 0 Å². The minimum atomic E-state index is 0.579. The first kappa shape index (κ1) is 16.6. The third-order valence-corrected chi connectivity index (χ3v) is 4.64. The first-order valence-corrected chi connectivity index (χ1v) is 8.19. The predicted molar refractivity (Wildman–Crippen MR) is 103 cm³/mol. The van der Waals surface area contributed by atoms with Crippen molar-refractivity contribution in [2.75, 3.05) is 0 Å². The molecule has 3 aromatic rings. The van der Waals surface area contributed by atoms with Crippen molar-refractivity contribution >= 4 is 37.8 Å². The van der Waals surface area contributed by atoms with E-state index in [1.807, 2.05) is 48.5 Å². The Morgan fingerprint density at radius 3 is 1.17 bits per heavy atom. The lowest BCUT2D eigenvalue weighted by atomic mass is 9.99. The first-order valence-electron chi connectivity index (χ1n) is 7.29. The highest BCUT2D eigenvalue weighted by Crippen LogP contribution is 2.28. The van der Waals surface area contributed by atoms with Gasteiger partial charge in [0.15, 0.2) is 12.6 Å². The lowest BCUT2D eigenvalue weighted by Gasteiger charge is -2.08. The van der Waals surface area contributed by atoms with Gasteiger partial charge < -0.3 is 0 Å². The number of hydrogen-bond acceptors (Lipinski definition) is 4. The minimum Gasteiger partial charge on any atom is -0.298 e. The van der Waals surface area contributed by atoms with Gasteiger partial charge in [-0.15, -0.1) is 25.3 Å². The molecule has 0 fully saturated rings. The smallest absolute Gasteiger partial charge is 0.151 e. The highest BCUT2D eigenvalue weighted by atomic mass is 32.1. The van der Waals surface area contributed by atoms with Gasteiger partial charge in [0.25, 0.3) is 0 Å². The molecule has 0 atom stereocenters. The van der Waals surface area contributed by atoms with Gasteiger partial charge in [-0.25, -0.2) is 0 Å². The number of aldehydes is 2. The van der Waals surface area contributed by atoms with Crippen molar-refractivity contribution < 1.29 is 9.59 Å². The molecule has 0 amide bonds. The van der Waals surface area contributed by atoms with Crippen LogP contribution < -0.4 is 0 Å². The van der Waals surface area contributed by atoms with Gasteiger partial charge in [0.2, 0.25) is 0 Å². The molecular weight excluding hydrogens is 336 g/mol. The maximum atomic E-state index is 10.9. The molecule has 0 radical (unpaired) electrons. The van der Waals surface area contributed by atoms with E-state index < -0.39 is 0 Å². The lowest BCUT2D eigenvalue weighted by molar-refractivity contribution is 0.111. The topological polar surface area (TPSA) is 34.1 Å². The monoisotopic (exact) mass is 350 g/mol. The molecule has 0 spiro atoms. The molecule has 4 heteroatoms. The molecular formula is C20H14O2S2. The molecule has 0 aliphatic heterocycles. The number of thiol groups is 2. The molecule has 24 heavy (non-hydrogen) atoms. The molecule has 2 nitrogen and oxygen atoms in total. The number of carbonyl (C=O) groups excluding carboxylic acids is 2. The van der Waals surface area contributed by atoms with Gasteiger partial charge in [-0.05, 0) is 46.5 Å². The number of carbonyl (C=O) groups is 2. The summed E-state index contributed by atoms with van der Waals surface area (Å²) in [5.41, 5.74) is 5.25. The third kappa shape index (κ3) is 3.30. The van der Waals surface area contributed by atoms with Crippen LogP contribution in [0, 0.1) is 0 Å². The zero-order valence-electron chi connectivity index (χ0n) is 12.6. The highest BCUT2D eigenvalue weighted by molar-refractivity contribution is 7.80. The van der Waals surface area contributed by atoms with E-state index in [1.54, 1.807) is 12.1 Å². The van der Waals surface area contributed by atoms with Gasteiger partial charge in [0.1, 0.15) is 0 Å². The van der Waals surface area contributed by atoms with Crippen molar-refractivity contribution in [1.29, 1.82) is 0 Å². The Hall–Kier alpha value is -2.30. The second-order valence-electron chi connectivity index (χ2n) is 5.36.